The van der Waals surface area contributed by atoms with E-state index in [9.17, 15) is 0 Å². The van der Waals surface area contributed by atoms with Crippen molar-refractivity contribution < 1.29 is 0 Å². The van der Waals surface area contributed by atoms with E-state index in [-0.39, 0.29) is 0 Å². The molecule has 1 nitrogen and oxygen atoms in total. The molecule has 1 aliphatic rings. The van der Waals surface area contributed by atoms with E-state index in [0.29, 0.717) is 6.04 Å². The Morgan fingerprint density at radius 2 is 1.79 bits per heavy atom. The Balaban J connectivity index is 1.91. The standard InChI is InChI=1S/C17H21NS/c1-11-8-12(2)10-14(9-11)15-6-7-16(19-15)17(18-3)13-4-5-13/h6-10,13,17-18H,4-5H2,1-3H3. The van der Waals surface area contributed by atoms with Crippen LogP contribution in [0.2, 0.25) is 0 Å². The Labute approximate surface area is 119 Å². The molecule has 0 radical (unpaired) electrons. The molecule has 1 saturated carbocycles. The smallest absolute Gasteiger partial charge is 0.0441 e. The molecule has 0 saturated heterocycles. The molecule has 3 rings (SSSR count). The minimum atomic E-state index is 0.560. The van der Waals surface area contributed by atoms with Gasteiger partial charge in [0.15, 0.2) is 0 Å². The SMILES string of the molecule is CNC(c1ccc(-c2cc(C)cc(C)c2)s1)C1CC1. The van der Waals surface area contributed by atoms with Gasteiger partial charge in [0.25, 0.3) is 0 Å². The maximum Gasteiger partial charge on any atom is 0.0441 e. The predicted octanol–water partition coefficient (Wildman–Crippen LogP) is 4.70. The summed E-state index contributed by atoms with van der Waals surface area (Å²) in [6.07, 6.45) is 2.75. The lowest BCUT2D eigenvalue weighted by molar-refractivity contribution is 0.537. The van der Waals surface area contributed by atoms with Crippen LogP contribution in [-0.2, 0) is 0 Å². The molecule has 2 heteroatoms. The van der Waals surface area contributed by atoms with Gasteiger partial charge >= 0.3 is 0 Å². The van der Waals surface area contributed by atoms with E-state index in [2.05, 4.69) is 56.5 Å². The van der Waals surface area contributed by atoms with Crippen molar-refractivity contribution in [3.05, 3.63) is 46.3 Å². The molecule has 1 atom stereocenters. The van der Waals surface area contributed by atoms with E-state index in [1.54, 1.807) is 0 Å². The molecule has 0 aliphatic heterocycles. The largest absolute Gasteiger partial charge is 0.312 e. The minimum Gasteiger partial charge on any atom is -0.312 e. The second-order valence-electron chi connectivity index (χ2n) is 5.68. The molecule has 100 valence electrons. The molecule has 1 unspecified atom stereocenters. The van der Waals surface area contributed by atoms with Gasteiger partial charge in [0, 0.05) is 15.8 Å². The summed E-state index contributed by atoms with van der Waals surface area (Å²) in [6.45, 7) is 4.34. The minimum absolute atomic E-state index is 0.560. The Morgan fingerprint density at radius 1 is 1.11 bits per heavy atom. The van der Waals surface area contributed by atoms with Gasteiger partial charge in [-0.3, -0.25) is 0 Å². The molecule has 1 aliphatic carbocycles. The van der Waals surface area contributed by atoms with Gasteiger partial charge in [0.2, 0.25) is 0 Å². The summed E-state index contributed by atoms with van der Waals surface area (Å²) in [5.41, 5.74) is 4.05. The lowest BCUT2D eigenvalue weighted by atomic mass is 10.1. The van der Waals surface area contributed by atoms with E-state index >= 15 is 0 Å². The molecule has 0 amide bonds. The normalized spacial score (nSPS) is 16.6. The number of thiophene rings is 1. The molecule has 1 aromatic carbocycles. The third-order valence-electron chi connectivity index (χ3n) is 3.84. The molecule has 0 bridgehead atoms. The lowest BCUT2D eigenvalue weighted by Crippen LogP contribution is -2.16. The maximum absolute atomic E-state index is 3.48. The van der Waals surface area contributed by atoms with E-state index in [1.807, 2.05) is 11.3 Å². The summed E-state index contributed by atoms with van der Waals surface area (Å²) in [6, 6.07) is 11.9. The number of hydrogen-bond donors (Lipinski definition) is 1. The summed E-state index contributed by atoms with van der Waals surface area (Å²) in [4.78, 5) is 2.88. The Morgan fingerprint density at radius 3 is 2.37 bits per heavy atom. The van der Waals surface area contributed by atoms with Crippen molar-refractivity contribution in [3.63, 3.8) is 0 Å². The Hall–Kier alpha value is -1.12. The molecule has 1 N–H and O–H groups in total. The predicted molar refractivity (Wildman–Crippen MR) is 83.8 cm³/mol. The third kappa shape index (κ3) is 2.75. The quantitative estimate of drug-likeness (QED) is 0.849. The fourth-order valence-electron chi connectivity index (χ4n) is 2.83. The number of hydrogen-bond acceptors (Lipinski definition) is 2. The number of aryl methyl sites for hydroxylation is 2. The summed E-state index contributed by atoms with van der Waals surface area (Å²) in [5.74, 6) is 0.857. The lowest BCUT2D eigenvalue weighted by Gasteiger charge is -2.12. The number of rotatable bonds is 4. The molecule has 2 aromatic rings. The monoisotopic (exact) mass is 271 g/mol. The van der Waals surface area contributed by atoms with Crippen LogP contribution < -0.4 is 5.32 Å². The molecule has 19 heavy (non-hydrogen) atoms. The fraction of sp³-hybridized carbons (Fsp3) is 0.412. The van der Waals surface area contributed by atoms with Crippen LogP contribution in [0.5, 0.6) is 0 Å². The van der Waals surface area contributed by atoms with Gasteiger partial charge in [-0.15, -0.1) is 11.3 Å². The fourth-order valence-corrected chi connectivity index (χ4v) is 4.03. The van der Waals surface area contributed by atoms with Crippen LogP contribution in [-0.4, -0.2) is 7.05 Å². The zero-order chi connectivity index (χ0) is 13.4. The van der Waals surface area contributed by atoms with E-state index in [1.165, 1.54) is 39.3 Å². The van der Waals surface area contributed by atoms with E-state index in [0.717, 1.165) is 5.92 Å². The molecule has 1 fully saturated rings. The van der Waals surface area contributed by atoms with Gasteiger partial charge < -0.3 is 5.32 Å². The second kappa shape index (κ2) is 5.10. The first-order valence-electron chi connectivity index (χ1n) is 7.03. The highest BCUT2D eigenvalue weighted by Crippen LogP contribution is 2.44. The van der Waals surface area contributed by atoms with Gasteiger partial charge in [0.1, 0.15) is 0 Å². The van der Waals surface area contributed by atoms with Gasteiger partial charge in [-0.1, -0.05) is 29.3 Å². The van der Waals surface area contributed by atoms with Gasteiger partial charge in [-0.2, -0.15) is 0 Å². The molecule has 1 aromatic heterocycles. The van der Waals surface area contributed by atoms with Gasteiger partial charge in [-0.25, -0.2) is 0 Å². The summed E-state index contributed by atoms with van der Waals surface area (Å²) in [7, 11) is 2.08. The summed E-state index contributed by atoms with van der Waals surface area (Å²) >= 11 is 1.94. The number of nitrogens with one attached hydrogen (secondary N) is 1. The highest BCUT2D eigenvalue weighted by Gasteiger charge is 2.32. The average molecular weight is 271 g/mol. The highest BCUT2D eigenvalue weighted by molar-refractivity contribution is 7.15. The first kappa shape index (κ1) is 12.9. The van der Waals surface area contributed by atoms with Crippen molar-refractivity contribution in [3.8, 4) is 10.4 Å². The zero-order valence-corrected chi connectivity index (χ0v) is 12.7. The molecule has 0 spiro atoms. The van der Waals surface area contributed by atoms with Crippen molar-refractivity contribution in [2.24, 2.45) is 5.92 Å². The van der Waals surface area contributed by atoms with Crippen LogP contribution in [0.4, 0.5) is 0 Å². The highest BCUT2D eigenvalue weighted by atomic mass is 32.1. The van der Waals surface area contributed by atoms with Crippen molar-refractivity contribution >= 4 is 11.3 Å². The van der Waals surface area contributed by atoms with Crippen molar-refractivity contribution in [2.45, 2.75) is 32.7 Å². The molecule has 1 heterocycles. The van der Waals surface area contributed by atoms with E-state index in [4.69, 9.17) is 0 Å². The van der Waals surface area contributed by atoms with Gasteiger partial charge in [-0.05, 0) is 57.4 Å². The summed E-state index contributed by atoms with van der Waals surface area (Å²) < 4.78 is 0. The van der Waals surface area contributed by atoms with Crippen molar-refractivity contribution in [2.75, 3.05) is 7.05 Å². The van der Waals surface area contributed by atoms with E-state index < -0.39 is 0 Å². The maximum atomic E-state index is 3.48. The first-order valence-corrected chi connectivity index (χ1v) is 7.84. The Kier molecular flexibility index (Phi) is 3.46. The molecular formula is C17H21NS. The van der Waals surface area contributed by atoms with Crippen LogP contribution in [0, 0.1) is 19.8 Å². The van der Waals surface area contributed by atoms with Gasteiger partial charge in [0.05, 0.1) is 0 Å². The molecular weight excluding hydrogens is 250 g/mol. The van der Waals surface area contributed by atoms with Crippen LogP contribution in [0.3, 0.4) is 0 Å². The van der Waals surface area contributed by atoms with Crippen LogP contribution in [0.1, 0.15) is 34.9 Å². The third-order valence-corrected chi connectivity index (χ3v) is 5.06. The zero-order valence-electron chi connectivity index (χ0n) is 11.9. The van der Waals surface area contributed by atoms with Crippen LogP contribution >= 0.6 is 11.3 Å². The van der Waals surface area contributed by atoms with Crippen LogP contribution in [0.25, 0.3) is 10.4 Å². The number of benzene rings is 1. The van der Waals surface area contributed by atoms with Crippen molar-refractivity contribution in [1.82, 2.24) is 5.32 Å². The topological polar surface area (TPSA) is 12.0 Å². The second-order valence-corrected chi connectivity index (χ2v) is 6.80. The Bertz CT molecular complexity index is 560. The summed E-state index contributed by atoms with van der Waals surface area (Å²) in [5, 5.41) is 3.48. The van der Waals surface area contributed by atoms with Crippen LogP contribution in [0.15, 0.2) is 30.3 Å². The average Bonchev–Trinajstić information content (AvgIpc) is 3.06. The first-order chi connectivity index (χ1) is 9.17. The van der Waals surface area contributed by atoms with Crippen molar-refractivity contribution in [1.29, 1.82) is 0 Å².